The molecule has 2 rings (SSSR count). The first-order chi connectivity index (χ1) is 7.18. The summed E-state index contributed by atoms with van der Waals surface area (Å²) in [7, 11) is 0. The number of anilines is 1. The first kappa shape index (κ1) is 11.8. The number of hydrogen-bond donors (Lipinski definition) is 1. The van der Waals surface area contributed by atoms with Crippen LogP contribution < -0.4 is 5.73 Å². The molecule has 0 saturated carbocycles. The molecular weight excluding hydrogens is 208 g/mol. The molecule has 0 atom stereocenters. The summed E-state index contributed by atoms with van der Waals surface area (Å²) in [6.45, 7) is 5.95. The maximum absolute atomic E-state index is 5.88. The Labute approximate surface area is 95.1 Å². The van der Waals surface area contributed by atoms with Crippen LogP contribution in [0.25, 0.3) is 10.8 Å². The molecule has 15 heavy (non-hydrogen) atoms. The van der Waals surface area contributed by atoms with Gasteiger partial charge in [-0.2, -0.15) is 0 Å². The van der Waals surface area contributed by atoms with Crippen LogP contribution in [0.5, 0.6) is 0 Å². The number of benzene rings is 1. The van der Waals surface area contributed by atoms with Crippen molar-refractivity contribution in [3.63, 3.8) is 0 Å². The van der Waals surface area contributed by atoms with Crippen LogP contribution in [0.15, 0.2) is 24.4 Å². The highest BCUT2D eigenvalue weighted by Crippen LogP contribution is 2.24. The Hall–Kier alpha value is -1.28. The van der Waals surface area contributed by atoms with E-state index < -0.39 is 0 Å². The molecule has 1 aromatic carbocycles. The normalized spacial score (nSPS) is 9.60. The predicted octanol–water partition coefficient (Wildman–Crippen LogP) is 3.81. The van der Waals surface area contributed by atoms with E-state index in [1.54, 1.807) is 6.20 Å². The van der Waals surface area contributed by atoms with Gasteiger partial charge in [-0.15, -0.1) is 0 Å². The van der Waals surface area contributed by atoms with Crippen LogP contribution in [-0.2, 0) is 0 Å². The maximum Gasteiger partial charge on any atom is 0.126 e. The van der Waals surface area contributed by atoms with Crippen molar-refractivity contribution in [3.8, 4) is 0 Å². The summed E-state index contributed by atoms with van der Waals surface area (Å²) in [5.41, 5.74) is 6.67. The van der Waals surface area contributed by atoms with Crippen LogP contribution >= 0.6 is 11.6 Å². The topological polar surface area (TPSA) is 38.9 Å². The summed E-state index contributed by atoms with van der Waals surface area (Å²) in [5.74, 6) is 0.565. The summed E-state index contributed by atoms with van der Waals surface area (Å²) >= 11 is 5.88. The molecule has 2 N–H and O–H groups in total. The van der Waals surface area contributed by atoms with Crippen LogP contribution in [0.4, 0.5) is 5.82 Å². The fourth-order valence-corrected chi connectivity index (χ4v) is 1.51. The molecule has 3 heteroatoms. The van der Waals surface area contributed by atoms with Crippen LogP contribution in [0.3, 0.4) is 0 Å². The Morgan fingerprint density at radius 1 is 1.27 bits per heavy atom. The van der Waals surface area contributed by atoms with Crippen molar-refractivity contribution in [3.05, 3.63) is 35.0 Å². The summed E-state index contributed by atoms with van der Waals surface area (Å²) < 4.78 is 0. The second-order valence-corrected chi connectivity index (χ2v) is 3.44. The second kappa shape index (κ2) is 4.99. The van der Waals surface area contributed by atoms with Crippen LogP contribution in [0, 0.1) is 6.92 Å². The van der Waals surface area contributed by atoms with E-state index in [2.05, 4.69) is 4.98 Å². The minimum Gasteiger partial charge on any atom is -0.383 e. The molecule has 80 valence electrons. The van der Waals surface area contributed by atoms with Crippen LogP contribution in [-0.4, -0.2) is 4.98 Å². The van der Waals surface area contributed by atoms with E-state index in [-0.39, 0.29) is 0 Å². The Kier molecular flexibility index (Phi) is 3.92. The lowest BCUT2D eigenvalue weighted by Gasteiger charge is -2.04. The first-order valence-electron chi connectivity index (χ1n) is 4.99. The molecule has 2 aromatic rings. The van der Waals surface area contributed by atoms with Gasteiger partial charge in [0.15, 0.2) is 0 Å². The standard InChI is InChI=1S/C10H9ClN2.C2H6/c1-6-9-4-8(11)3-2-7(9)5-13-10(6)12;1-2/h2-5H,1H3,(H2,12,13);1-2H3. The van der Waals surface area contributed by atoms with Crippen molar-refractivity contribution in [2.45, 2.75) is 20.8 Å². The minimum atomic E-state index is 0.565. The van der Waals surface area contributed by atoms with Gasteiger partial charge in [0, 0.05) is 16.6 Å². The average molecular weight is 223 g/mol. The van der Waals surface area contributed by atoms with Gasteiger partial charge >= 0.3 is 0 Å². The highest BCUT2D eigenvalue weighted by molar-refractivity contribution is 6.31. The fourth-order valence-electron chi connectivity index (χ4n) is 1.34. The molecular formula is C12H15ClN2. The summed E-state index contributed by atoms with van der Waals surface area (Å²) in [5, 5.41) is 2.86. The van der Waals surface area contributed by atoms with Gasteiger partial charge in [0.1, 0.15) is 5.82 Å². The van der Waals surface area contributed by atoms with E-state index in [1.807, 2.05) is 39.0 Å². The van der Waals surface area contributed by atoms with Crippen molar-refractivity contribution in [2.24, 2.45) is 0 Å². The molecule has 0 saturated heterocycles. The van der Waals surface area contributed by atoms with E-state index in [1.165, 1.54) is 0 Å². The zero-order valence-corrected chi connectivity index (χ0v) is 9.97. The molecule has 0 aliphatic heterocycles. The molecule has 0 bridgehead atoms. The largest absolute Gasteiger partial charge is 0.383 e. The third-order valence-corrected chi connectivity index (χ3v) is 2.38. The summed E-state index contributed by atoms with van der Waals surface area (Å²) in [4.78, 5) is 4.07. The molecule has 0 aliphatic carbocycles. The molecule has 1 heterocycles. The lowest BCUT2D eigenvalue weighted by molar-refractivity contribution is 1.32. The molecule has 0 radical (unpaired) electrons. The predicted molar refractivity (Wildman–Crippen MR) is 67.3 cm³/mol. The Morgan fingerprint density at radius 3 is 2.60 bits per heavy atom. The van der Waals surface area contributed by atoms with E-state index in [0.29, 0.717) is 5.82 Å². The van der Waals surface area contributed by atoms with Gasteiger partial charge in [-0.05, 0) is 30.0 Å². The van der Waals surface area contributed by atoms with Crippen LogP contribution in [0.2, 0.25) is 5.02 Å². The number of hydrogen-bond acceptors (Lipinski definition) is 2. The third-order valence-electron chi connectivity index (χ3n) is 2.15. The number of nitrogens with two attached hydrogens (primary N) is 1. The van der Waals surface area contributed by atoms with E-state index in [9.17, 15) is 0 Å². The first-order valence-corrected chi connectivity index (χ1v) is 5.36. The van der Waals surface area contributed by atoms with Gasteiger partial charge in [0.2, 0.25) is 0 Å². The number of nitrogens with zero attached hydrogens (tertiary/aromatic N) is 1. The average Bonchev–Trinajstić information content (AvgIpc) is 2.27. The molecule has 0 fully saturated rings. The van der Waals surface area contributed by atoms with E-state index in [4.69, 9.17) is 17.3 Å². The smallest absolute Gasteiger partial charge is 0.126 e. The Morgan fingerprint density at radius 2 is 1.93 bits per heavy atom. The maximum atomic E-state index is 5.88. The number of aromatic nitrogens is 1. The number of aryl methyl sites for hydroxylation is 1. The van der Waals surface area contributed by atoms with Crippen molar-refractivity contribution in [2.75, 3.05) is 5.73 Å². The third kappa shape index (κ3) is 2.39. The molecule has 0 aliphatic rings. The lowest BCUT2D eigenvalue weighted by Crippen LogP contribution is -1.93. The van der Waals surface area contributed by atoms with E-state index in [0.717, 1.165) is 21.4 Å². The van der Waals surface area contributed by atoms with Crippen LogP contribution in [0.1, 0.15) is 19.4 Å². The number of rotatable bonds is 0. The van der Waals surface area contributed by atoms with Gasteiger partial charge in [-0.1, -0.05) is 31.5 Å². The highest BCUT2D eigenvalue weighted by Gasteiger charge is 2.01. The number of halogens is 1. The van der Waals surface area contributed by atoms with Gasteiger partial charge in [0.25, 0.3) is 0 Å². The molecule has 0 amide bonds. The van der Waals surface area contributed by atoms with Crippen molar-refractivity contribution in [1.29, 1.82) is 0 Å². The molecule has 0 unspecified atom stereocenters. The quantitative estimate of drug-likeness (QED) is 0.736. The summed E-state index contributed by atoms with van der Waals surface area (Å²) in [6.07, 6.45) is 1.76. The van der Waals surface area contributed by atoms with Gasteiger partial charge in [-0.25, -0.2) is 4.98 Å². The zero-order valence-electron chi connectivity index (χ0n) is 9.21. The molecule has 1 aromatic heterocycles. The number of fused-ring (bicyclic) bond motifs is 1. The zero-order chi connectivity index (χ0) is 11.4. The summed E-state index contributed by atoms with van der Waals surface area (Å²) in [6, 6.07) is 5.70. The SMILES string of the molecule is CC.Cc1c(N)ncc2ccc(Cl)cc12. The number of nitrogen functional groups attached to an aromatic ring is 1. The fraction of sp³-hybridized carbons (Fsp3) is 0.250. The van der Waals surface area contributed by atoms with E-state index >= 15 is 0 Å². The monoisotopic (exact) mass is 222 g/mol. The Bertz CT molecular complexity index is 461. The number of pyridine rings is 1. The van der Waals surface area contributed by atoms with Gasteiger partial charge in [-0.3, -0.25) is 0 Å². The highest BCUT2D eigenvalue weighted by atomic mass is 35.5. The Balaban J connectivity index is 0.000000531. The van der Waals surface area contributed by atoms with Crippen molar-refractivity contribution >= 4 is 28.2 Å². The minimum absolute atomic E-state index is 0.565. The lowest BCUT2D eigenvalue weighted by atomic mass is 10.1. The molecule has 2 nitrogen and oxygen atoms in total. The molecule has 0 spiro atoms. The van der Waals surface area contributed by atoms with Crippen molar-refractivity contribution < 1.29 is 0 Å². The van der Waals surface area contributed by atoms with Gasteiger partial charge in [0.05, 0.1) is 0 Å². The van der Waals surface area contributed by atoms with Gasteiger partial charge < -0.3 is 5.73 Å². The second-order valence-electron chi connectivity index (χ2n) is 3.00. The van der Waals surface area contributed by atoms with Crippen molar-refractivity contribution in [1.82, 2.24) is 4.98 Å².